The van der Waals surface area contributed by atoms with Gasteiger partial charge in [0.25, 0.3) is 0 Å². The molecule has 0 bridgehead atoms. The normalized spacial score (nSPS) is 33.8. The number of carbonyl (C=O) groups excluding carboxylic acids is 1. The van der Waals surface area contributed by atoms with Crippen LogP contribution in [0.2, 0.25) is 0 Å². The lowest BCUT2D eigenvalue weighted by Gasteiger charge is -2.26. The monoisotopic (exact) mass is 198 g/mol. The summed E-state index contributed by atoms with van der Waals surface area (Å²) in [5.74, 6) is 0.647. The molecule has 2 fully saturated rings. The maximum Gasteiger partial charge on any atom is 0.239 e. The van der Waals surface area contributed by atoms with Gasteiger partial charge in [0, 0.05) is 19.7 Å². The van der Waals surface area contributed by atoms with Gasteiger partial charge in [0.1, 0.15) is 0 Å². The SMILES string of the molecule is NC1CCN(CC2CCCOC2)C1=O. The topological polar surface area (TPSA) is 55.6 Å². The van der Waals surface area contributed by atoms with E-state index in [0.717, 1.165) is 39.1 Å². The number of nitrogens with two attached hydrogens (primary N) is 1. The van der Waals surface area contributed by atoms with Crippen LogP contribution in [0.15, 0.2) is 0 Å². The fourth-order valence-electron chi connectivity index (χ4n) is 2.21. The summed E-state index contributed by atoms with van der Waals surface area (Å²) in [5.41, 5.74) is 5.65. The van der Waals surface area contributed by atoms with Gasteiger partial charge in [0.05, 0.1) is 12.6 Å². The van der Waals surface area contributed by atoms with Crippen LogP contribution in [0.1, 0.15) is 19.3 Å². The smallest absolute Gasteiger partial charge is 0.239 e. The molecule has 2 unspecified atom stereocenters. The van der Waals surface area contributed by atoms with Crippen molar-refractivity contribution in [3.63, 3.8) is 0 Å². The Balaban J connectivity index is 1.82. The highest BCUT2D eigenvalue weighted by atomic mass is 16.5. The number of hydrogen-bond donors (Lipinski definition) is 1. The summed E-state index contributed by atoms with van der Waals surface area (Å²) < 4.78 is 5.39. The molecule has 2 aliphatic heterocycles. The van der Waals surface area contributed by atoms with Crippen molar-refractivity contribution < 1.29 is 9.53 Å². The van der Waals surface area contributed by atoms with Gasteiger partial charge in [0.2, 0.25) is 5.91 Å². The highest BCUT2D eigenvalue weighted by Crippen LogP contribution is 2.18. The number of carbonyl (C=O) groups is 1. The van der Waals surface area contributed by atoms with E-state index in [-0.39, 0.29) is 11.9 Å². The second-order valence-corrected chi connectivity index (χ2v) is 4.26. The molecule has 4 nitrogen and oxygen atoms in total. The molecule has 0 aromatic heterocycles. The first-order valence-corrected chi connectivity index (χ1v) is 5.39. The second-order valence-electron chi connectivity index (χ2n) is 4.26. The van der Waals surface area contributed by atoms with Crippen molar-refractivity contribution in [3.05, 3.63) is 0 Å². The fraction of sp³-hybridized carbons (Fsp3) is 0.900. The average Bonchev–Trinajstić information content (AvgIpc) is 2.52. The van der Waals surface area contributed by atoms with E-state index in [2.05, 4.69) is 0 Å². The Morgan fingerprint density at radius 2 is 2.36 bits per heavy atom. The lowest BCUT2D eigenvalue weighted by molar-refractivity contribution is -0.129. The number of amides is 1. The molecule has 0 aromatic carbocycles. The van der Waals surface area contributed by atoms with Gasteiger partial charge < -0.3 is 15.4 Å². The van der Waals surface area contributed by atoms with Crippen LogP contribution in [-0.4, -0.2) is 43.2 Å². The highest BCUT2D eigenvalue weighted by Gasteiger charge is 2.30. The van der Waals surface area contributed by atoms with E-state index in [0.29, 0.717) is 5.92 Å². The molecule has 4 heteroatoms. The van der Waals surface area contributed by atoms with Gasteiger partial charge in [-0.3, -0.25) is 4.79 Å². The van der Waals surface area contributed by atoms with Crippen LogP contribution in [0, 0.1) is 5.92 Å². The van der Waals surface area contributed by atoms with Crippen molar-refractivity contribution in [1.82, 2.24) is 4.90 Å². The summed E-state index contributed by atoms with van der Waals surface area (Å²) in [6.45, 7) is 3.35. The van der Waals surface area contributed by atoms with Crippen molar-refractivity contribution >= 4 is 5.91 Å². The Kier molecular flexibility index (Phi) is 3.03. The van der Waals surface area contributed by atoms with E-state index in [1.54, 1.807) is 0 Å². The minimum absolute atomic E-state index is 0.121. The first-order valence-electron chi connectivity index (χ1n) is 5.39. The number of rotatable bonds is 2. The van der Waals surface area contributed by atoms with Crippen LogP contribution in [0.4, 0.5) is 0 Å². The first-order chi connectivity index (χ1) is 6.77. The average molecular weight is 198 g/mol. The van der Waals surface area contributed by atoms with Crippen molar-refractivity contribution in [2.75, 3.05) is 26.3 Å². The van der Waals surface area contributed by atoms with E-state index < -0.39 is 0 Å². The van der Waals surface area contributed by atoms with Gasteiger partial charge in [0.15, 0.2) is 0 Å². The molecule has 80 valence electrons. The number of ether oxygens (including phenoxy) is 1. The lowest BCUT2D eigenvalue weighted by Crippen LogP contribution is -2.38. The molecule has 14 heavy (non-hydrogen) atoms. The van der Waals surface area contributed by atoms with Gasteiger partial charge >= 0.3 is 0 Å². The molecule has 0 saturated carbocycles. The summed E-state index contributed by atoms with van der Waals surface area (Å²) in [6, 6.07) is -0.250. The standard InChI is InChI=1S/C10H18N2O2/c11-9-3-4-12(10(9)13)6-8-2-1-5-14-7-8/h8-9H,1-7,11H2. The van der Waals surface area contributed by atoms with E-state index in [4.69, 9.17) is 10.5 Å². The Morgan fingerprint density at radius 1 is 1.50 bits per heavy atom. The van der Waals surface area contributed by atoms with Crippen LogP contribution in [0.5, 0.6) is 0 Å². The molecule has 0 aromatic rings. The Hall–Kier alpha value is -0.610. The predicted octanol–water partition coefficient (Wildman–Crippen LogP) is -0.0274. The lowest BCUT2D eigenvalue weighted by atomic mass is 10.0. The first kappa shape index (κ1) is 9.93. The molecule has 2 heterocycles. The molecule has 0 radical (unpaired) electrons. The van der Waals surface area contributed by atoms with E-state index >= 15 is 0 Å². The van der Waals surface area contributed by atoms with Crippen LogP contribution in [-0.2, 0) is 9.53 Å². The maximum absolute atomic E-state index is 11.5. The van der Waals surface area contributed by atoms with Crippen LogP contribution in [0.25, 0.3) is 0 Å². The molecule has 2 atom stereocenters. The van der Waals surface area contributed by atoms with Gasteiger partial charge in [-0.05, 0) is 25.2 Å². The summed E-state index contributed by atoms with van der Waals surface area (Å²) in [6.07, 6.45) is 3.12. The van der Waals surface area contributed by atoms with Crippen molar-refractivity contribution in [3.8, 4) is 0 Å². The third-order valence-corrected chi connectivity index (χ3v) is 3.07. The van der Waals surface area contributed by atoms with Gasteiger partial charge in [-0.2, -0.15) is 0 Å². The van der Waals surface area contributed by atoms with Crippen molar-refractivity contribution in [2.45, 2.75) is 25.3 Å². The fourth-order valence-corrected chi connectivity index (χ4v) is 2.21. The maximum atomic E-state index is 11.5. The van der Waals surface area contributed by atoms with Gasteiger partial charge in [-0.25, -0.2) is 0 Å². The van der Waals surface area contributed by atoms with Crippen LogP contribution >= 0.6 is 0 Å². The molecule has 2 saturated heterocycles. The Labute approximate surface area is 84.4 Å². The van der Waals surface area contributed by atoms with E-state index in [1.165, 1.54) is 6.42 Å². The molecule has 2 aliphatic rings. The van der Waals surface area contributed by atoms with Gasteiger partial charge in [-0.1, -0.05) is 0 Å². The summed E-state index contributed by atoms with van der Waals surface area (Å²) in [4.78, 5) is 13.4. The molecule has 1 amide bonds. The largest absolute Gasteiger partial charge is 0.381 e. The molecular formula is C10H18N2O2. The third kappa shape index (κ3) is 2.07. The van der Waals surface area contributed by atoms with Crippen molar-refractivity contribution in [1.29, 1.82) is 0 Å². The minimum Gasteiger partial charge on any atom is -0.381 e. The quantitative estimate of drug-likeness (QED) is 0.678. The zero-order chi connectivity index (χ0) is 9.97. The van der Waals surface area contributed by atoms with Crippen LogP contribution < -0.4 is 5.73 Å². The van der Waals surface area contributed by atoms with Crippen LogP contribution in [0.3, 0.4) is 0 Å². The summed E-state index contributed by atoms with van der Waals surface area (Å²) in [5, 5.41) is 0. The van der Waals surface area contributed by atoms with Crippen molar-refractivity contribution in [2.24, 2.45) is 11.7 Å². The molecule has 2 rings (SSSR count). The molecule has 0 aliphatic carbocycles. The second kappa shape index (κ2) is 4.28. The zero-order valence-electron chi connectivity index (χ0n) is 8.45. The molecule has 2 N–H and O–H groups in total. The summed E-state index contributed by atoms with van der Waals surface area (Å²) >= 11 is 0. The Morgan fingerprint density at radius 3 is 2.93 bits per heavy atom. The highest BCUT2D eigenvalue weighted by molar-refractivity contribution is 5.83. The molecule has 0 spiro atoms. The summed E-state index contributed by atoms with van der Waals surface area (Å²) in [7, 11) is 0. The predicted molar refractivity (Wildman–Crippen MR) is 52.7 cm³/mol. The number of hydrogen-bond acceptors (Lipinski definition) is 3. The Bertz CT molecular complexity index is 214. The minimum atomic E-state index is -0.250. The van der Waals surface area contributed by atoms with E-state index in [9.17, 15) is 4.79 Å². The third-order valence-electron chi connectivity index (χ3n) is 3.07. The number of nitrogens with zero attached hydrogens (tertiary/aromatic N) is 1. The van der Waals surface area contributed by atoms with E-state index in [1.807, 2.05) is 4.90 Å². The molecular weight excluding hydrogens is 180 g/mol. The number of likely N-dealkylation sites (tertiary alicyclic amines) is 1. The zero-order valence-corrected chi connectivity index (χ0v) is 8.45. The van der Waals surface area contributed by atoms with Gasteiger partial charge in [-0.15, -0.1) is 0 Å².